The standard InChI is InChI=1S/C17H23N5O3S/c1-12(23)21-17(8-4-2-3-5-9-17)15-20-14(25-22-15)7-6-13(24)19-16-18-10-11-26-16/h10-11H,2-9H2,1H3,(H,21,23)(H,18,19,24). The number of amides is 2. The lowest BCUT2D eigenvalue weighted by molar-refractivity contribution is -0.121. The normalized spacial score (nSPS) is 16.7. The predicted octanol–water partition coefficient (Wildman–Crippen LogP) is 2.78. The van der Waals surface area contributed by atoms with E-state index in [0.29, 0.717) is 23.3 Å². The molecule has 1 fully saturated rings. The van der Waals surface area contributed by atoms with Gasteiger partial charge >= 0.3 is 0 Å². The van der Waals surface area contributed by atoms with Gasteiger partial charge in [0, 0.05) is 31.3 Å². The Bertz CT molecular complexity index is 735. The number of carbonyl (C=O) groups excluding carboxylic acids is 2. The van der Waals surface area contributed by atoms with E-state index in [4.69, 9.17) is 4.52 Å². The number of thiazole rings is 1. The van der Waals surface area contributed by atoms with E-state index in [9.17, 15) is 9.59 Å². The first-order valence-electron chi connectivity index (χ1n) is 8.88. The maximum atomic E-state index is 12.0. The van der Waals surface area contributed by atoms with E-state index >= 15 is 0 Å². The molecule has 0 atom stereocenters. The molecule has 2 aromatic heterocycles. The van der Waals surface area contributed by atoms with Crippen molar-refractivity contribution in [2.24, 2.45) is 0 Å². The van der Waals surface area contributed by atoms with Gasteiger partial charge in [-0.15, -0.1) is 11.3 Å². The molecular formula is C17H23N5O3S. The molecule has 3 rings (SSSR count). The molecule has 2 N–H and O–H groups in total. The Morgan fingerprint density at radius 1 is 1.27 bits per heavy atom. The summed E-state index contributed by atoms with van der Waals surface area (Å²) in [6.07, 6.45) is 8.13. The Kier molecular flexibility index (Phi) is 5.97. The molecule has 8 nitrogen and oxygen atoms in total. The molecule has 0 saturated heterocycles. The minimum absolute atomic E-state index is 0.0962. The van der Waals surface area contributed by atoms with Crippen molar-refractivity contribution in [3.05, 3.63) is 23.3 Å². The van der Waals surface area contributed by atoms with Gasteiger partial charge in [-0.25, -0.2) is 4.98 Å². The number of anilines is 1. The van der Waals surface area contributed by atoms with Crippen LogP contribution in [0.2, 0.25) is 0 Å². The van der Waals surface area contributed by atoms with Crippen molar-refractivity contribution < 1.29 is 14.1 Å². The molecule has 0 bridgehead atoms. The maximum absolute atomic E-state index is 12.0. The largest absolute Gasteiger partial charge is 0.343 e. The van der Waals surface area contributed by atoms with Crippen molar-refractivity contribution >= 4 is 28.3 Å². The van der Waals surface area contributed by atoms with Gasteiger partial charge in [0.25, 0.3) is 0 Å². The second-order valence-corrected chi connectivity index (χ2v) is 7.47. The highest BCUT2D eigenvalue weighted by Crippen LogP contribution is 2.34. The highest BCUT2D eigenvalue weighted by atomic mass is 32.1. The fourth-order valence-corrected chi connectivity index (χ4v) is 3.86. The third kappa shape index (κ3) is 4.66. The average molecular weight is 377 g/mol. The minimum Gasteiger partial charge on any atom is -0.343 e. The highest BCUT2D eigenvalue weighted by molar-refractivity contribution is 7.13. The van der Waals surface area contributed by atoms with Gasteiger partial charge in [0.05, 0.1) is 0 Å². The first kappa shape index (κ1) is 18.5. The van der Waals surface area contributed by atoms with Crippen LogP contribution in [-0.4, -0.2) is 26.9 Å². The van der Waals surface area contributed by atoms with Crippen LogP contribution in [0.5, 0.6) is 0 Å². The van der Waals surface area contributed by atoms with Crippen LogP contribution in [0.25, 0.3) is 0 Å². The zero-order valence-electron chi connectivity index (χ0n) is 14.8. The summed E-state index contributed by atoms with van der Waals surface area (Å²) in [5, 5.41) is 12.3. The van der Waals surface area contributed by atoms with E-state index in [0.717, 1.165) is 38.5 Å². The lowest BCUT2D eigenvalue weighted by Crippen LogP contribution is -2.45. The first-order chi connectivity index (χ1) is 12.6. The number of nitrogens with zero attached hydrogens (tertiary/aromatic N) is 3. The van der Waals surface area contributed by atoms with Crippen LogP contribution < -0.4 is 10.6 Å². The molecular weight excluding hydrogens is 354 g/mol. The molecule has 9 heteroatoms. The molecule has 2 aromatic rings. The maximum Gasteiger partial charge on any atom is 0.227 e. The van der Waals surface area contributed by atoms with E-state index < -0.39 is 5.54 Å². The molecule has 0 aliphatic heterocycles. The van der Waals surface area contributed by atoms with Crippen molar-refractivity contribution in [1.29, 1.82) is 0 Å². The van der Waals surface area contributed by atoms with Gasteiger partial charge < -0.3 is 15.2 Å². The molecule has 2 amide bonds. The van der Waals surface area contributed by atoms with E-state index in [1.54, 1.807) is 11.6 Å². The highest BCUT2D eigenvalue weighted by Gasteiger charge is 2.38. The smallest absolute Gasteiger partial charge is 0.227 e. The molecule has 1 saturated carbocycles. The van der Waals surface area contributed by atoms with Crippen LogP contribution in [0.1, 0.15) is 63.6 Å². The van der Waals surface area contributed by atoms with Gasteiger partial charge in [-0.05, 0) is 12.8 Å². The second kappa shape index (κ2) is 8.39. The van der Waals surface area contributed by atoms with E-state index in [1.165, 1.54) is 18.3 Å². The third-order valence-electron chi connectivity index (χ3n) is 4.51. The topological polar surface area (TPSA) is 110 Å². The Morgan fingerprint density at radius 2 is 2.04 bits per heavy atom. The summed E-state index contributed by atoms with van der Waals surface area (Å²) in [4.78, 5) is 32.2. The quantitative estimate of drug-likeness (QED) is 0.749. The number of nitrogens with one attached hydrogen (secondary N) is 2. The first-order valence-corrected chi connectivity index (χ1v) is 9.76. The minimum atomic E-state index is -0.562. The van der Waals surface area contributed by atoms with Gasteiger partial charge in [-0.1, -0.05) is 30.8 Å². The lowest BCUT2D eigenvalue weighted by Gasteiger charge is -2.30. The van der Waals surface area contributed by atoms with E-state index in [1.807, 2.05) is 0 Å². The third-order valence-corrected chi connectivity index (χ3v) is 5.20. The molecule has 140 valence electrons. The SMILES string of the molecule is CC(=O)NC1(c2noc(CCC(=O)Nc3nccs3)n2)CCCCCC1. The molecule has 0 aromatic carbocycles. The van der Waals surface area contributed by atoms with Gasteiger partial charge in [-0.2, -0.15) is 4.98 Å². The molecule has 2 heterocycles. The molecule has 0 spiro atoms. The van der Waals surface area contributed by atoms with Gasteiger partial charge in [0.15, 0.2) is 11.0 Å². The number of carbonyl (C=O) groups is 2. The number of hydrogen-bond acceptors (Lipinski definition) is 7. The van der Waals surface area contributed by atoms with Crippen molar-refractivity contribution in [3.8, 4) is 0 Å². The van der Waals surface area contributed by atoms with Crippen molar-refractivity contribution in [2.45, 2.75) is 63.8 Å². The molecule has 0 unspecified atom stereocenters. The number of rotatable bonds is 6. The summed E-state index contributed by atoms with van der Waals surface area (Å²) < 4.78 is 5.35. The van der Waals surface area contributed by atoms with Gasteiger partial charge in [0.1, 0.15) is 5.54 Å². The fraction of sp³-hybridized carbons (Fsp3) is 0.588. The average Bonchev–Trinajstić information content (AvgIpc) is 3.22. The lowest BCUT2D eigenvalue weighted by atomic mass is 9.89. The van der Waals surface area contributed by atoms with Crippen LogP contribution in [0, 0.1) is 0 Å². The van der Waals surface area contributed by atoms with Crippen LogP contribution in [-0.2, 0) is 21.5 Å². The van der Waals surface area contributed by atoms with Crippen LogP contribution in [0.15, 0.2) is 16.1 Å². The van der Waals surface area contributed by atoms with E-state index in [2.05, 4.69) is 25.8 Å². The van der Waals surface area contributed by atoms with E-state index in [-0.39, 0.29) is 18.2 Å². The summed E-state index contributed by atoms with van der Waals surface area (Å²) in [6, 6.07) is 0. The van der Waals surface area contributed by atoms with Crippen LogP contribution in [0.4, 0.5) is 5.13 Å². The molecule has 1 aliphatic rings. The molecule has 1 aliphatic carbocycles. The second-order valence-electron chi connectivity index (χ2n) is 6.57. The summed E-state index contributed by atoms with van der Waals surface area (Å²) in [5.41, 5.74) is -0.562. The predicted molar refractivity (Wildman–Crippen MR) is 96.6 cm³/mol. The Labute approximate surface area is 155 Å². The zero-order valence-corrected chi connectivity index (χ0v) is 15.6. The van der Waals surface area contributed by atoms with Crippen LogP contribution >= 0.6 is 11.3 Å². The zero-order chi connectivity index (χ0) is 18.4. The summed E-state index contributed by atoms with van der Waals surface area (Å²) in [6.45, 7) is 1.51. The van der Waals surface area contributed by atoms with Gasteiger partial charge in [-0.3, -0.25) is 9.59 Å². The van der Waals surface area contributed by atoms with Crippen molar-refractivity contribution in [1.82, 2.24) is 20.4 Å². The molecule has 0 radical (unpaired) electrons. The number of aromatic nitrogens is 3. The van der Waals surface area contributed by atoms with Crippen molar-refractivity contribution in [2.75, 3.05) is 5.32 Å². The number of aryl methyl sites for hydroxylation is 1. The Balaban J connectivity index is 1.64. The summed E-state index contributed by atoms with van der Waals surface area (Å²) in [7, 11) is 0. The molecule has 26 heavy (non-hydrogen) atoms. The Hall–Kier alpha value is -2.29. The van der Waals surface area contributed by atoms with Crippen LogP contribution in [0.3, 0.4) is 0 Å². The van der Waals surface area contributed by atoms with Crippen molar-refractivity contribution in [3.63, 3.8) is 0 Å². The Morgan fingerprint density at radius 3 is 2.69 bits per heavy atom. The fourth-order valence-electron chi connectivity index (χ4n) is 3.31. The number of hydrogen-bond donors (Lipinski definition) is 2. The summed E-state index contributed by atoms with van der Waals surface area (Å²) in [5.74, 6) is 0.681. The monoisotopic (exact) mass is 377 g/mol. The van der Waals surface area contributed by atoms with Gasteiger partial charge in [0.2, 0.25) is 17.7 Å². The summed E-state index contributed by atoms with van der Waals surface area (Å²) >= 11 is 1.37.